The van der Waals surface area contributed by atoms with Gasteiger partial charge in [-0.15, -0.1) is 0 Å². The fourth-order valence-corrected chi connectivity index (χ4v) is 9.15. The summed E-state index contributed by atoms with van der Waals surface area (Å²) in [6.45, 7) is 2.99. The molecule has 2 atom stereocenters. The third-order valence-electron chi connectivity index (χ3n) is 11.5. The first-order valence-corrected chi connectivity index (χ1v) is 19.1. The molecule has 1 aliphatic carbocycles. The molecule has 0 bridgehead atoms. The lowest BCUT2D eigenvalue weighted by atomic mass is 9.88. The van der Waals surface area contributed by atoms with Crippen LogP contribution in [0.3, 0.4) is 0 Å². The highest BCUT2D eigenvalue weighted by Crippen LogP contribution is 2.45. The molecule has 3 N–H and O–H groups in total. The van der Waals surface area contributed by atoms with Crippen molar-refractivity contribution in [1.82, 2.24) is 25.1 Å². The standard InChI is InChI=1S/C41H42ClF3N6O5/c1-55-37-23(18-51-21-40(22-51)15-13-34(52)49-40)9-11-33(47-37)30-8-4-7-29(35(30)42)26-5-3-6-28-27(26)10-12-32(28)46-36-31(41(43,44)45)17-25(38(48-36)56-2)20-50-16-14-24(19-50)39(53)54/h3-9,11,17,24,32H,10,12-16,18-22H2,1-2H3,(H,46,48)(H,49,52)(H,53,54)/t24-,32+/m1/s1. The third kappa shape index (κ3) is 7.25. The summed E-state index contributed by atoms with van der Waals surface area (Å²) in [6, 6.07) is 16.0. The Bertz CT molecular complexity index is 2200. The molecule has 1 amide bonds. The van der Waals surface area contributed by atoms with Crippen LogP contribution in [0.25, 0.3) is 22.4 Å². The number of alkyl halides is 3. The van der Waals surface area contributed by atoms with Crippen LogP contribution in [0.4, 0.5) is 19.0 Å². The number of hydrogen-bond acceptors (Lipinski definition) is 9. The van der Waals surface area contributed by atoms with Crippen LogP contribution in [-0.4, -0.2) is 82.7 Å². The summed E-state index contributed by atoms with van der Waals surface area (Å²) in [7, 11) is 2.95. The average Bonchev–Trinajstić information content (AvgIpc) is 3.91. The number of nitrogens with one attached hydrogen (secondary N) is 2. The zero-order valence-electron chi connectivity index (χ0n) is 31.0. The van der Waals surface area contributed by atoms with Crippen LogP contribution >= 0.6 is 11.6 Å². The number of anilines is 1. The third-order valence-corrected chi connectivity index (χ3v) is 11.9. The predicted molar refractivity (Wildman–Crippen MR) is 204 cm³/mol. The van der Waals surface area contributed by atoms with E-state index >= 15 is 0 Å². The number of carbonyl (C=O) groups is 2. The second-order valence-corrected chi connectivity index (χ2v) is 15.6. The van der Waals surface area contributed by atoms with Crippen molar-refractivity contribution in [3.05, 3.63) is 87.4 Å². The van der Waals surface area contributed by atoms with Crippen LogP contribution in [0.15, 0.2) is 54.6 Å². The molecule has 56 heavy (non-hydrogen) atoms. The van der Waals surface area contributed by atoms with Crippen molar-refractivity contribution in [3.8, 4) is 34.1 Å². The van der Waals surface area contributed by atoms with Gasteiger partial charge in [0.25, 0.3) is 0 Å². The molecule has 0 radical (unpaired) electrons. The van der Waals surface area contributed by atoms with E-state index in [1.54, 1.807) is 7.11 Å². The molecular formula is C41H42ClF3N6O5. The van der Waals surface area contributed by atoms with Gasteiger partial charge in [-0.25, -0.2) is 4.98 Å². The summed E-state index contributed by atoms with van der Waals surface area (Å²) in [5.74, 6) is -1.14. The molecule has 1 spiro atoms. The Morgan fingerprint density at radius 1 is 0.964 bits per heavy atom. The number of rotatable bonds is 11. The van der Waals surface area contributed by atoms with Crippen molar-refractivity contribution in [2.45, 2.75) is 63.0 Å². The fraction of sp³-hybridized carbons (Fsp3) is 0.415. The number of halogens is 4. The van der Waals surface area contributed by atoms with E-state index in [-0.39, 0.29) is 41.8 Å². The topological polar surface area (TPSA) is 129 Å². The number of aromatic nitrogens is 2. The van der Waals surface area contributed by atoms with E-state index in [1.807, 2.05) is 53.4 Å². The van der Waals surface area contributed by atoms with Crippen molar-refractivity contribution >= 4 is 29.3 Å². The Kier molecular flexibility index (Phi) is 10.1. The van der Waals surface area contributed by atoms with E-state index in [9.17, 15) is 27.9 Å². The van der Waals surface area contributed by atoms with Gasteiger partial charge in [-0.05, 0) is 61.1 Å². The zero-order valence-corrected chi connectivity index (χ0v) is 31.8. The molecule has 0 saturated carbocycles. The minimum Gasteiger partial charge on any atom is -0.481 e. The number of amides is 1. The molecule has 8 rings (SSSR count). The summed E-state index contributed by atoms with van der Waals surface area (Å²) < 4.78 is 54.9. The number of likely N-dealkylation sites (tertiary alicyclic amines) is 2. The molecule has 3 saturated heterocycles. The van der Waals surface area contributed by atoms with E-state index in [0.29, 0.717) is 55.4 Å². The minimum absolute atomic E-state index is 0.0566. The van der Waals surface area contributed by atoms with Gasteiger partial charge in [-0.2, -0.15) is 18.2 Å². The summed E-state index contributed by atoms with van der Waals surface area (Å²) in [6.07, 6.45) is -1.72. The number of carbonyl (C=O) groups excluding carboxylic acids is 1. The number of benzene rings is 2. The van der Waals surface area contributed by atoms with Crippen molar-refractivity contribution < 1.29 is 37.3 Å². The van der Waals surface area contributed by atoms with Gasteiger partial charge in [0.15, 0.2) is 0 Å². The molecule has 5 heterocycles. The van der Waals surface area contributed by atoms with E-state index in [1.165, 1.54) is 7.11 Å². The first kappa shape index (κ1) is 38.0. The Labute approximate surface area is 327 Å². The van der Waals surface area contributed by atoms with Gasteiger partial charge in [0.2, 0.25) is 17.7 Å². The number of hydrogen-bond donors (Lipinski definition) is 3. The van der Waals surface area contributed by atoms with Crippen LogP contribution in [0.1, 0.15) is 59.5 Å². The van der Waals surface area contributed by atoms with E-state index in [0.717, 1.165) is 59.0 Å². The van der Waals surface area contributed by atoms with E-state index in [4.69, 9.17) is 26.1 Å². The first-order chi connectivity index (χ1) is 26.8. The second kappa shape index (κ2) is 14.9. The lowest BCUT2D eigenvalue weighted by Gasteiger charge is -2.48. The van der Waals surface area contributed by atoms with Gasteiger partial charge >= 0.3 is 12.1 Å². The number of ether oxygens (including phenoxy) is 2. The largest absolute Gasteiger partial charge is 0.481 e. The molecule has 2 aromatic heterocycles. The Balaban J connectivity index is 1.03. The highest BCUT2D eigenvalue weighted by molar-refractivity contribution is 6.36. The van der Waals surface area contributed by atoms with E-state index < -0.39 is 29.7 Å². The maximum absolute atomic E-state index is 14.6. The Morgan fingerprint density at radius 2 is 1.68 bits per heavy atom. The van der Waals surface area contributed by atoms with Gasteiger partial charge < -0.3 is 25.2 Å². The lowest BCUT2D eigenvalue weighted by Crippen LogP contribution is -2.66. The van der Waals surface area contributed by atoms with Crippen LogP contribution in [0.5, 0.6) is 11.8 Å². The van der Waals surface area contributed by atoms with Gasteiger partial charge in [-0.3, -0.25) is 19.4 Å². The summed E-state index contributed by atoms with van der Waals surface area (Å²) >= 11 is 7.16. The summed E-state index contributed by atoms with van der Waals surface area (Å²) in [4.78, 5) is 36.5. The molecule has 294 valence electrons. The lowest BCUT2D eigenvalue weighted by molar-refractivity contribution is -0.141. The zero-order chi connectivity index (χ0) is 39.4. The molecule has 3 aliphatic heterocycles. The summed E-state index contributed by atoms with van der Waals surface area (Å²) in [5.41, 5.74) is 5.00. The maximum Gasteiger partial charge on any atom is 0.419 e. The van der Waals surface area contributed by atoms with Crippen molar-refractivity contribution in [2.75, 3.05) is 45.7 Å². The van der Waals surface area contributed by atoms with Crippen LogP contribution in [-0.2, 0) is 35.3 Å². The fourth-order valence-electron chi connectivity index (χ4n) is 8.82. The first-order valence-electron chi connectivity index (χ1n) is 18.7. The van der Waals surface area contributed by atoms with Crippen LogP contribution in [0, 0.1) is 5.92 Å². The molecule has 4 aliphatic rings. The molecule has 3 fully saturated rings. The highest BCUT2D eigenvalue weighted by atomic mass is 35.5. The van der Waals surface area contributed by atoms with Crippen molar-refractivity contribution in [3.63, 3.8) is 0 Å². The quantitative estimate of drug-likeness (QED) is 0.147. The number of methoxy groups -OCH3 is 2. The van der Waals surface area contributed by atoms with Crippen molar-refractivity contribution in [1.29, 1.82) is 0 Å². The van der Waals surface area contributed by atoms with Gasteiger partial charge in [-0.1, -0.05) is 54.1 Å². The Hall–Kier alpha value is -4.92. The number of aliphatic carboxylic acids is 1. The number of carboxylic acids is 1. The number of nitrogens with zero attached hydrogens (tertiary/aromatic N) is 4. The monoisotopic (exact) mass is 790 g/mol. The summed E-state index contributed by atoms with van der Waals surface area (Å²) in [5, 5.41) is 16.1. The molecule has 2 aromatic carbocycles. The van der Waals surface area contributed by atoms with Crippen LogP contribution in [0.2, 0.25) is 5.02 Å². The van der Waals surface area contributed by atoms with Crippen molar-refractivity contribution in [2.24, 2.45) is 5.92 Å². The van der Waals surface area contributed by atoms with Gasteiger partial charge in [0, 0.05) is 61.4 Å². The molecule has 4 aromatic rings. The van der Waals surface area contributed by atoms with Gasteiger partial charge in [0.1, 0.15) is 5.82 Å². The average molecular weight is 791 g/mol. The predicted octanol–water partition coefficient (Wildman–Crippen LogP) is 6.97. The molecule has 15 heteroatoms. The highest BCUT2D eigenvalue weighted by Gasteiger charge is 2.47. The Morgan fingerprint density at radius 3 is 2.38 bits per heavy atom. The smallest absolute Gasteiger partial charge is 0.419 e. The SMILES string of the molecule is COc1nc(-c2cccc(-c3cccc4c3CC[C@@H]4Nc3nc(OC)c(CN4CC[C@@H](C(=O)O)C4)cc3C(F)(F)F)c2Cl)ccc1CN1CC2(CCC(=O)N2)C1. The normalized spacial score (nSPS) is 20.5. The number of fused-ring (bicyclic) bond motifs is 1. The molecule has 11 nitrogen and oxygen atoms in total. The van der Waals surface area contributed by atoms with E-state index in [2.05, 4.69) is 20.5 Å². The number of pyridine rings is 2. The maximum atomic E-state index is 14.6. The molecular weight excluding hydrogens is 749 g/mol. The van der Waals surface area contributed by atoms with Gasteiger partial charge in [0.05, 0.1) is 48.0 Å². The minimum atomic E-state index is -4.70. The second-order valence-electron chi connectivity index (χ2n) is 15.2. The number of carboxylic acid groups (broad SMARTS) is 1. The molecule has 0 unspecified atom stereocenters. The van der Waals surface area contributed by atoms with Crippen LogP contribution < -0.4 is 20.1 Å².